The van der Waals surface area contributed by atoms with Gasteiger partial charge in [0, 0.05) is 22.4 Å². The van der Waals surface area contributed by atoms with Crippen molar-refractivity contribution in [3.05, 3.63) is 34.2 Å². The van der Waals surface area contributed by atoms with Crippen LogP contribution in [-0.2, 0) is 0 Å². The van der Waals surface area contributed by atoms with E-state index < -0.39 is 11.6 Å². The van der Waals surface area contributed by atoms with Gasteiger partial charge in [-0.15, -0.1) is 11.3 Å². The summed E-state index contributed by atoms with van der Waals surface area (Å²) in [7, 11) is 0. The second kappa shape index (κ2) is 5.33. The third-order valence-corrected chi connectivity index (χ3v) is 4.59. The Bertz CT molecular complexity index is 562. The normalized spacial score (nSPS) is 13.2. The lowest BCUT2D eigenvalue weighted by Crippen LogP contribution is -2.18. The highest BCUT2D eigenvalue weighted by Gasteiger charge is 2.17. The molecule has 0 fully saturated rings. The molecule has 0 aliphatic carbocycles. The minimum atomic E-state index is -0.512. The van der Waals surface area contributed by atoms with Gasteiger partial charge in [0.15, 0.2) is 0 Å². The molecular weight excluding hydrogens is 252 g/mol. The molecule has 1 N–H and O–H groups in total. The molecule has 0 aliphatic rings. The molecule has 1 nitrogen and oxygen atoms in total. The zero-order chi connectivity index (χ0) is 13.3. The van der Waals surface area contributed by atoms with Crippen LogP contribution < -0.4 is 5.32 Å². The fourth-order valence-corrected chi connectivity index (χ4v) is 3.35. The summed E-state index contributed by atoms with van der Waals surface area (Å²) < 4.78 is 27.5. The Labute approximate surface area is 110 Å². The lowest BCUT2D eigenvalue weighted by Gasteiger charge is -2.12. The molecule has 0 bridgehead atoms. The highest BCUT2D eigenvalue weighted by Crippen LogP contribution is 2.36. The van der Waals surface area contributed by atoms with Crippen molar-refractivity contribution >= 4 is 21.4 Å². The van der Waals surface area contributed by atoms with E-state index in [1.54, 1.807) is 0 Å². The monoisotopic (exact) mass is 269 g/mol. The van der Waals surface area contributed by atoms with Gasteiger partial charge in [-0.3, -0.25) is 0 Å². The highest BCUT2D eigenvalue weighted by molar-refractivity contribution is 7.19. The van der Waals surface area contributed by atoms with Gasteiger partial charge in [0.25, 0.3) is 0 Å². The van der Waals surface area contributed by atoms with Gasteiger partial charge in [-0.1, -0.05) is 6.92 Å². The van der Waals surface area contributed by atoms with Crippen LogP contribution >= 0.6 is 11.3 Å². The minimum Gasteiger partial charge on any atom is -0.309 e. The molecule has 0 saturated heterocycles. The van der Waals surface area contributed by atoms with Crippen molar-refractivity contribution in [1.82, 2.24) is 5.32 Å². The fourth-order valence-electron chi connectivity index (χ4n) is 2.13. The van der Waals surface area contributed by atoms with Gasteiger partial charge < -0.3 is 5.32 Å². The van der Waals surface area contributed by atoms with E-state index in [-0.39, 0.29) is 6.04 Å². The van der Waals surface area contributed by atoms with Crippen molar-refractivity contribution in [3.8, 4) is 0 Å². The maximum Gasteiger partial charge on any atom is 0.143 e. The molecule has 1 heterocycles. The smallest absolute Gasteiger partial charge is 0.143 e. The first-order valence-corrected chi connectivity index (χ1v) is 6.97. The van der Waals surface area contributed by atoms with Crippen LogP contribution in [0.3, 0.4) is 0 Å². The van der Waals surface area contributed by atoms with Gasteiger partial charge in [-0.2, -0.15) is 0 Å². The maximum absolute atomic E-state index is 13.7. The first-order chi connectivity index (χ1) is 8.54. The lowest BCUT2D eigenvalue weighted by atomic mass is 10.1. The summed E-state index contributed by atoms with van der Waals surface area (Å²) in [6.07, 6.45) is 1.05. The summed E-state index contributed by atoms with van der Waals surface area (Å²) in [5.41, 5.74) is 0.976. The van der Waals surface area contributed by atoms with Crippen molar-refractivity contribution < 1.29 is 8.78 Å². The Hall–Kier alpha value is -1.00. The van der Waals surface area contributed by atoms with Crippen molar-refractivity contribution in [2.45, 2.75) is 33.2 Å². The zero-order valence-corrected chi connectivity index (χ0v) is 11.6. The van der Waals surface area contributed by atoms with Crippen molar-refractivity contribution in [3.63, 3.8) is 0 Å². The number of fused-ring (bicyclic) bond motifs is 1. The van der Waals surface area contributed by atoms with Crippen LogP contribution in [0.25, 0.3) is 10.1 Å². The average molecular weight is 269 g/mol. The van der Waals surface area contributed by atoms with E-state index >= 15 is 0 Å². The molecule has 0 saturated carbocycles. The molecule has 1 unspecified atom stereocenters. The Morgan fingerprint density at radius 2 is 2.06 bits per heavy atom. The van der Waals surface area contributed by atoms with Gasteiger partial charge >= 0.3 is 0 Å². The molecular formula is C14H17F2NS. The standard InChI is InChI=1S/C14H17F2NS/c1-4-5-17-9(3)13-8(2)11-6-10(15)7-12(16)14(11)18-13/h6-7,9,17H,4-5H2,1-3H3. The van der Waals surface area contributed by atoms with E-state index in [1.807, 2.05) is 6.92 Å². The summed E-state index contributed by atoms with van der Waals surface area (Å²) in [5.74, 6) is -0.978. The molecule has 0 amide bonds. The van der Waals surface area contributed by atoms with Gasteiger partial charge in [0.1, 0.15) is 11.6 Å². The molecule has 1 aromatic carbocycles. The molecule has 0 spiro atoms. The Morgan fingerprint density at radius 3 is 2.72 bits per heavy atom. The minimum absolute atomic E-state index is 0.171. The first kappa shape index (κ1) is 13.4. The van der Waals surface area contributed by atoms with Crippen molar-refractivity contribution in [1.29, 1.82) is 0 Å². The van der Waals surface area contributed by atoms with Crippen LogP contribution in [-0.4, -0.2) is 6.54 Å². The van der Waals surface area contributed by atoms with E-state index in [0.717, 1.165) is 29.5 Å². The van der Waals surface area contributed by atoms with Crippen LogP contribution in [0.1, 0.15) is 36.8 Å². The van der Waals surface area contributed by atoms with E-state index in [4.69, 9.17) is 0 Å². The molecule has 2 rings (SSSR count). The van der Waals surface area contributed by atoms with E-state index in [0.29, 0.717) is 10.1 Å². The summed E-state index contributed by atoms with van der Waals surface area (Å²) in [6.45, 7) is 7.01. The molecule has 1 aromatic heterocycles. The van der Waals surface area contributed by atoms with Crippen LogP contribution in [0.15, 0.2) is 12.1 Å². The van der Waals surface area contributed by atoms with Gasteiger partial charge in [-0.25, -0.2) is 8.78 Å². The lowest BCUT2D eigenvalue weighted by molar-refractivity contribution is 0.576. The summed E-state index contributed by atoms with van der Waals surface area (Å²) in [5, 5.41) is 4.07. The predicted octanol–water partition coefficient (Wildman–Crippen LogP) is 4.55. The average Bonchev–Trinajstić information content (AvgIpc) is 2.65. The third-order valence-electron chi connectivity index (χ3n) is 3.09. The molecule has 98 valence electrons. The van der Waals surface area contributed by atoms with Gasteiger partial charge in [-0.05, 0) is 38.4 Å². The fraction of sp³-hybridized carbons (Fsp3) is 0.429. The van der Waals surface area contributed by atoms with E-state index in [9.17, 15) is 8.78 Å². The van der Waals surface area contributed by atoms with Crippen molar-refractivity contribution in [2.24, 2.45) is 0 Å². The number of benzene rings is 1. The summed E-state index contributed by atoms with van der Waals surface area (Å²) in [4.78, 5) is 1.09. The molecule has 18 heavy (non-hydrogen) atoms. The number of thiophene rings is 1. The topological polar surface area (TPSA) is 12.0 Å². The number of halogens is 2. The second-order valence-corrected chi connectivity index (χ2v) is 5.58. The molecule has 1 atom stereocenters. The number of hydrogen-bond acceptors (Lipinski definition) is 2. The molecule has 0 aliphatic heterocycles. The van der Waals surface area contributed by atoms with Crippen LogP contribution in [0.5, 0.6) is 0 Å². The highest BCUT2D eigenvalue weighted by atomic mass is 32.1. The SMILES string of the molecule is CCCNC(C)c1sc2c(F)cc(F)cc2c1C. The van der Waals surface area contributed by atoms with Crippen LogP contribution in [0.2, 0.25) is 0 Å². The summed E-state index contributed by atoms with van der Waals surface area (Å²) in [6, 6.07) is 2.54. The predicted molar refractivity (Wildman–Crippen MR) is 73.2 cm³/mol. The molecule has 0 radical (unpaired) electrons. The summed E-state index contributed by atoms with van der Waals surface area (Å²) >= 11 is 1.41. The Balaban J connectivity index is 2.47. The van der Waals surface area contributed by atoms with Crippen LogP contribution in [0, 0.1) is 18.6 Å². The number of hydrogen-bond donors (Lipinski definition) is 1. The number of rotatable bonds is 4. The number of aryl methyl sites for hydroxylation is 1. The van der Waals surface area contributed by atoms with E-state index in [2.05, 4.69) is 19.2 Å². The Kier molecular flexibility index (Phi) is 3.97. The second-order valence-electron chi connectivity index (χ2n) is 4.53. The first-order valence-electron chi connectivity index (χ1n) is 6.16. The number of nitrogens with one attached hydrogen (secondary N) is 1. The van der Waals surface area contributed by atoms with Crippen LogP contribution in [0.4, 0.5) is 8.78 Å². The zero-order valence-electron chi connectivity index (χ0n) is 10.8. The van der Waals surface area contributed by atoms with Gasteiger partial charge in [0.05, 0.1) is 4.70 Å². The maximum atomic E-state index is 13.7. The molecule has 4 heteroatoms. The quantitative estimate of drug-likeness (QED) is 0.858. The van der Waals surface area contributed by atoms with E-state index in [1.165, 1.54) is 17.4 Å². The molecule has 2 aromatic rings. The van der Waals surface area contributed by atoms with Crippen molar-refractivity contribution in [2.75, 3.05) is 6.54 Å². The van der Waals surface area contributed by atoms with Gasteiger partial charge in [0.2, 0.25) is 0 Å². The Morgan fingerprint density at radius 1 is 1.33 bits per heavy atom. The largest absolute Gasteiger partial charge is 0.309 e. The third kappa shape index (κ3) is 2.40.